The van der Waals surface area contributed by atoms with Crippen LogP contribution in [0.2, 0.25) is 0 Å². The smallest absolute Gasteiger partial charge is 0.264 e. The number of hydrogen-bond acceptors (Lipinski definition) is 4. The van der Waals surface area contributed by atoms with Crippen LogP contribution in [0, 0.1) is 18.6 Å². The largest absolute Gasteiger partial charge is 0.454 e. The second-order valence-electron chi connectivity index (χ2n) is 6.45. The summed E-state index contributed by atoms with van der Waals surface area (Å²) in [6, 6.07) is 11.5. The fourth-order valence-corrected chi connectivity index (χ4v) is 4.01. The molecule has 1 heterocycles. The van der Waals surface area contributed by atoms with Gasteiger partial charge in [-0.15, -0.1) is 0 Å². The van der Waals surface area contributed by atoms with E-state index < -0.39 is 32.5 Å². The van der Waals surface area contributed by atoms with Crippen molar-refractivity contribution in [3.8, 4) is 11.5 Å². The molecule has 29 heavy (non-hydrogen) atoms. The number of carbonyl (C=O) groups is 1. The second-order valence-corrected chi connectivity index (χ2v) is 8.10. The van der Waals surface area contributed by atoms with Gasteiger partial charge in [-0.3, -0.25) is 9.52 Å². The normalized spacial score (nSPS) is 12.9. The van der Waals surface area contributed by atoms with Crippen LogP contribution in [0.1, 0.15) is 15.9 Å². The van der Waals surface area contributed by atoms with E-state index in [0.29, 0.717) is 17.5 Å². The predicted molar refractivity (Wildman–Crippen MR) is 103 cm³/mol. The SMILES string of the molecule is Cc1ccc2c(c1)NC(=O)c1cc(NS(=O)(=O)c3ccc(F)cc3F)ccc1O2. The second kappa shape index (κ2) is 6.85. The Balaban J connectivity index is 1.68. The zero-order valence-corrected chi connectivity index (χ0v) is 15.8. The van der Waals surface area contributed by atoms with Gasteiger partial charge in [-0.05, 0) is 55.0 Å². The van der Waals surface area contributed by atoms with Crippen LogP contribution in [-0.2, 0) is 10.0 Å². The highest BCUT2D eigenvalue weighted by molar-refractivity contribution is 7.92. The number of halogens is 2. The van der Waals surface area contributed by atoms with E-state index in [4.69, 9.17) is 4.74 Å². The van der Waals surface area contributed by atoms with Crippen LogP contribution in [0.15, 0.2) is 59.5 Å². The van der Waals surface area contributed by atoms with Crippen molar-refractivity contribution in [1.29, 1.82) is 0 Å². The topological polar surface area (TPSA) is 84.5 Å². The number of ether oxygens (including phenoxy) is 1. The first kappa shape index (κ1) is 18.9. The van der Waals surface area contributed by atoms with Gasteiger partial charge in [0.2, 0.25) is 0 Å². The first-order chi connectivity index (χ1) is 13.7. The third-order valence-electron chi connectivity index (χ3n) is 4.26. The van der Waals surface area contributed by atoms with Gasteiger partial charge in [0.25, 0.3) is 15.9 Å². The van der Waals surface area contributed by atoms with Crippen LogP contribution in [0.25, 0.3) is 0 Å². The Labute approximate surface area is 165 Å². The van der Waals surface area contributed by atoms with Crippen LogP contribution in [-0.4, -0.2) is 14.3 Å². The molecular formula is C20H14F2N2O4S. The standard InChI is InChI=1S/C20H14F2N2O4S/c1-11-2-5-18-16(8-11)23-20(25)14-10-13(4-6-17(14)28-18)24-29(26,27)19-7-3-12(21)9-15(19)22/h2-10,24H,1H3,(H,23,25). The lowest BCUT2D eigenvalue weighted by atomic mass is 10.1. The van der Waals surface area contributed by atoms with E-state index in [2.05, 4.69) is 10.0 Å². The number of anilines is 2. The average molecular weight is 416 g/mol. The summed E-state index contributed by atoms with van der Waals surface area (Å²) in [5.41, 5.74) is 1.53. The number of sulfonamides is 1. The molecule has 0 atom stereocenters. The van der Waals surface area contributed by atoms with Gasteiger partial charge >= 0.3 is 0 Å². The fourth-order valence-electron chi connectivity index (χ4n) is 2.90. The predicted octanol–water partition coefficient (Wildman–Crippen LogP) is 4.43. The van der Waals surface area contributed by atoms with E-state index in [1.54, 1.807) is 12.1 Å². The molecule has 2 N–H and O–H groups in total. The Kier molecular flexibility index (Phi) is 4.46. The highest BCUT2D eigenvalue weighted by Gasteiger charge is 2.24. The maximum atomic E-state index is 13.9. The molecule has 6 nitrogen and oxygen atoms in total. The number of nitrogens with one attached hydrogen (secondary N) is 2. The molecule has 0 aromatic heterocycles. The number of hydrogen-bond donors (Lipinski definition) is 2. The van der Waals surface area contributed by atoms with Gasteiger partial charge in [0.05, 0.1) is 11.3 Å². The van der Waals surface area contributed by atoms with Gasteiger partial charge in [0.15, 0.2) is 5.75 Å². The van der Waals surface area contributed by atoms with Crippen molar-refractivity contribution in [1.82, 2.24) is 0 Å². The first-order valence-electron chi connectivity index (χ1n) is 8.45. The molecule has 3 aromatic rings. The first-order valence-corrected chi connectivity index (χ1v) is 9.93. The minimum Gasteiger partial charge on any atom is -0.454 e. The van der Waals surface area contributed by atoms with Crippen molar-refractivity contribution in [2.75, 3.05) is 10.0 Å². The minimum absolute atomic E-state index is 0.0216. The quantitative estimate of drug-likeness (QED) is 0.662. The molecule has 0 radical (unpaired) electrons. The lowest BCUT2D eigenvalue weighted by molar-refractivity contribution is 0.102. The molecule has 0 fully saturated rings. The third kappa shape index (κ3) is 3.64. The summed E-state index contributed by atoms with van der Waals surface area (Å²) in [4.78, 5) is 11.9. The number of benzene rings is 3. The molecule has 0 saturated heterocycles. The zero-order chi connectivity index (χ0) is 20.8. The van der Waals surface area contributed by atoms with Crippen LogP contribution < -0.4 is 14.8 Å². The van der Waals surface area contributed by atoms with Crippen molar-refractivity contribution >= 4 is 27.3 Å². The molecular weight excluding hydrogens is 402 g/mol. The summed E-state index contributed by atoms with van der Waals surface area (Å²) in [6.07, 6.45) is 0. The van der Waals surface area contributed by atoms with Crippen LogP contribution >= 0.6 is 0 Å². The van der Waals surface area contributed by atoms with Crippen molar-refractivity contribution in [2.45, 2.75) is 11.8 Å². The van der Waals surface area contributed by atoms with Gasteiger partial charge < -0.3 is 10.1 Å². The Hall–Kier alpha value is -3.46. The van der Waals surface area contributed by atoms with Crippen LogP contribution in [0.5, 0.6) is 11.5 Å². The molecule has 0 unspecified atom stereocenters. The van der Waals surface area contributed by atoms with Gasteiger partial charge in [-0.25, -0.2) is 17.2 Å². The molecule has 1 aliphatic rings. The Morgan fingerprint density at radius 2 is 1.72 bits per heavy atom. The number of carbonyl (C=O) groups excluding carboxylic acids is 1. The fraction of sp³-hybridized carbons (Fsp3) is 0.0500. The van der Waals surface area contributed by atoms with Crippen molar-refractivity contribution in [3.63, 3.8) is 0 Å². The van der Waals surface area contributed by atoms with Gasteiger partial charge in [-0.1, -0.05) is 6.07 Å². The van der Waals surface area contributed by atoms with E-state index in [9.17, 15) is 22.0 Å². The Morgan fingerprint density at radius 1 is 0.966 bits per heavy atom. The lowest BCUT2D eigenvalue weighted by Crippen LogP contribution is -2.16. The van der Waals surface area contributed by atoms with E-state index in [0.717, 1.165) is 17.7 Å². The minimum atomic E-state index is -4.34. The van der Waals surface area contributed by atoms with Crippen molar-refractivity contribution in [2.24, 2.45) is 0 Å². The average Bonchev–Trinajstić information content (AvgIpc) is 2.77. The number of aryl methyl sites for hydroxylation is 1. The molecule has 1 aliphatic heterocycles. The molecule has 0 saturated carbocycles. The summed E-state index contributed by atoms with van der Waals surface area (Å²) < 4.78 is 59.8. The van der Waals surface area contributed by atoms with Gasteiger partial charge in [0, 0.05) is 11.8 Å². The number of rotatable bonds is 3. The summed E-state index contributed by atoms with van der Waals surface area (Å²) >= 11 is 0. The maximum absolute atomic E-state index is 13.9. The molecule has 0 bridgehead atoms. The molecule has 0 spiro atoms. The number of fused-ring (bicyclic) bond motifs is 2. The molecule has 4 rings (SSSR count). The van der Waals surface area contributed by atoms with Crippen LogP contribution in [0.4, 0.5) is 20.2 Å². The summed E-state index contributed by atoms with van der Waals surface area (Å²) in [5, 5.41) is 2.71. The van der Waals surface area contributed by atoms with Crippen molar-refractivity contribution in [3.05, 3.63) is 77.4 Å². The van der Waals surface area contributed by atoms with Gasteiger partial charge in [-0.2, -0.15) is 0 Å². The summed E-state index contributed by atoms with van der Waals surface area (Å²) in [7, 11) is -4.34. The molecule has 148 valence electrons. The Bertz CT molecular complexity index is 1260. The third-order valence-corrected chi connectivity index (χ3v) is 5.68. The highest BCUT2D eigenvalue weighted by Crippen LogP contribution is 2.37. The monoisotopic (exact) mass is 416 g/mol. The van der Waals surface area contributed by atoms with Gasteiger partial charge in [0.1, 0.15) is 22.3 Å². The zero-order valence-electron chi connectivity index (χ0n) is 15.0. The van der Waals surface area contributed by atoms with Crippen LogP contribution in [0.3, 0.4) is 0 Å². The van der Waals surface area contributed by atoms with E-state index in [-0.39, 0.29) is 17.0 Å². The molecule has 1 amide bonds. The highest BCUT2D eigenvalue weighted by atomic mass is 32.2. The summed E-state index contributed by atoms with van der Waals surface area (Å²) in [5.74, 6) is -1.92. The molecule has 9 heteroatoms. The maximum Gasteiger partial charge on any atom is 0.264 e. The van der Waals surface area contributed by atoms with E-state index in [1.165, 1.54) is 18.2 Å². The molecule has 0 aliphatic carbocycles. The Morgan fingerprint density at radius 3 is 2.48 bits per heavy atom. The van der Waals surface area contributed by atoms with Crippen molar-refractivity contribution < 1.29 is 26.7 Å². The molecule has 3 aromatic carbocycles. The lowest BCUT2D eigenvalue weighted by Gasteiger charge is -2.11. The summed E-state index contributed by atoms with van der Waals surface area (Å²) in [6.45, 7) is 1.87. The number of amides is 1. The van der Waals surface area contributed by atoms with E-state index in [1.807, 2.05) is 13.0 Å². The van der Waals surface area contributed by atoms with E-state index >= 15 is 0 Å².